The lowest BCUT2D eigenvalue weighted by Gasteiger charge is -2.51. The number of piperidine rings is 1. The van der Waals surface area contributed by atoms with E-state index in [1.54, 1.807) is 18.8 Å². The van der Waals surface area contributed by atoms with Gasteiger partial charge in [-0.3, -0.25) is 4.79 Å². The lowest BCUT2D eigenvalue weighted by molar-refractivity contribution is -0.116. The predicted molar refractivity (Wildman–Crippen MR) is 128 cm³/mol. The molecule has 168 valence electrons. The van der Waals surface area contributed by atoms with E-state index < -0.39 is 0 Å². The number of amides is 1. The first-order chi connectivity index (χ1) is 15.5. The van der Waals surface area contributed by atoms with Crippen LogP contribution >= 0.6 is 0 Å². The Morgan fingerprint density at radius 1 is 1.25 bits per heavy atom. The van der Waals surface area contributed by atoms with Gasteiger partial charge in [-0.2, -0.15) is 0 Å². The summed E-state index contributed by atoms with van der Waals surface area (Å²) in [5.74, 6) is 3.03. The molecule has 2 aliphatic carbocycles. The molecule has 0 aromatic heterocycles. The summed E-state index contributed by atoms with van der Waals surface area (Å²) in [7, 11) is 6.09. The number of ether oxygens (including phenoxy) is 1. The average Bonchev–Trinajstić information content (AvgIpc) is 3.14. The van der Waals surface area contributed by atoms with Crippen LogP contribution in [0.2, 0.25) is 0 Å². The summed E-state index contributed by atoms with van der Waals surface area (Å²) in [6, 6.07) is 8.30. The van der Waals surface area contributed by atoms with Crippen molar-refractivity contribution in [3.05, 3.63) is 71.6 Å². The smallest absolute Gasteiger partial charge is 0.244 e. The molecule has 0 bridgehead atoms. The normalized spacial score (nSPS) is 31.1. The zero-order valence-corrected chi connectivity index (χ0v) is 19.2. The summed E-state index contributed by atoms with van der Waals surface area (Å²) in [5, 5.41) is 3.14. The Morgan fingerprint density at radius 3 is 2.84 bits per heavy atom. The molecule has 5 atom stereocenters. The first kappa shape index (κ1) is 21.1. The van der Waals surface area contributed by atoms with Gasteiger partial charge in [-0.1, -0.05) is 24.3 Å². The molecule has 2 fully saturated rings. The average molecular weight is 432 g/mol. The van der Waals surface area contributed by atoms with Gasteiger partial charge in [-0.25, -0.2) is 0 Å². The van der Waals surface area contributed by atoms with Crippen molar-refractivity contribution >= 4 is 12.0 Å². The van der Waals surface area contributed by atoms with Gasteiger partial charge in [0.2, 0.25) is 5.91 Å². The summed E-state index contributed by atoms with van der Waals surface area (Å²) in [4.78, 5) is 17.3. The summed E-state index contributed by atoms with van der Waals surface area (Å²) in [6.45, 7) is 1.77. The molecule has 1 aromatic rings. The second-order valence-electron chi connectivity index (χ2n) is 9.67. The second-order valence-corrected chi connectivity index (χ2v) is 9.67. The minimum atomic E-state index is -0.0281. The van der Waals surface area contributed by atoms with Crippen LogP contribution in [-0.4, -0.2) is 56.0 Å². The molecule has 0 radical (unpaired) electrons. The highest BCUT2D eigenvalue weighted by Crippen LogP contribution is 2.52. The standard InChI is InChI=1S/C27H33N3O2/c1-29-16-19(15-28-26(31)12-9-18-7-10-21(32-3)11-8-18)13-23-22-5-4-6-24-27(22)20(14-25(23)29)17-30(24)2/h4-12,17,19,22-23,25,27H,13-16H2,1-3H3,(H,28,31)/b12-9+/t19-,22?,23+,25+,27?/m0/s1. The van der Waals surface area contributed by atoms with E-state index in [0.717, 1.165) is 24.4 Å². The molecule has 4 aliphatic rings. The van der Waals surface area contributed by atoms with Crippen molar-refractivity contribution in [2.75, 3.05) is 34.3 Å². The van der Waals surface area contributed by atoms with E-state index in [9.17, 15) is 4.79 Å². The third kappa shape index (κ3) is 3.90. The number of carbonyl (C=O) groups is 1. The first-order valence-electron chi connectivity index (χ1n) is 11.7. The lowest BCUT2D eigenvalue weighted by Crippen LogP contribution is -2.54. The fraction of sp³-hybridized carbons (Fsp3) is 0.444. The zero-order valence-electron chi connectivity index (χ0n) is 19.2. The van der Waals surface area contributed by atoms with E-state index in [1.165, 1.54) is 18.5 Å². The molecular formula is C27H33N3O2. The lowest BCUT2D eigenvalue weighted by atomic mass is 9.61. The molecule has 1 saturated carbocycles. The van der Waals surface area contributed by atoms with E-state index in [1.807, 2.05) is 30.3 Å². The van der Waals surface area contributed by atoms with Crippen molar-refractivity contribution in [2.45, 2.75) is 18.9 Å². The summed E-state index contributed by atoms with van der Waals surface area (Å²) < 4.78 is 5.18. The number of nitrogens with zero attached hydrogens (tertiary/aromatic N) is 2. The van der Waals surface area contributed by atoms with Crippen LogP contribution in [0.15, 0.2) is 66.0 Å². The van der Waals surface area contributed by atoms with Crippen molar-refractivity contribution in [2.24, 2.45) is 23.7 Å². The molecule has 5 heteroatoms. The molecule has 1 aromatic carbocycles. The van der Waals surface area contributed by atoms with Gasteiger partial charge in [0, 0.05) is 50.1 Å². The Morgan fingerprint density at radius 2 is 2.06 bits per heavy atom. The third-order valence-corrected chi connectivity index (χ3v) is 7.73. The Hall–Kier alpha value is -2.79. The summed E-state index contributed by atoms with van der Waals surface area (Å²) in [6.07, 6.45) is 15.2. The van der Waals surface area contributed by atoms with Crippen molar-refractivity contribution < 1.29 is 9.53 Å². The second kappa shape index (κ2) is 8.62. The number of methoxy groups -OCH3 is 1. The van der Waals surface area contributed by atoms with Gasteiger partial charge in [-0.15, -0.1) is 0 Å². The molecule has 5 nitrogen and oxygen atoms in total. The van der Waals surface area contributed by atoms with E-state index in [-0.39, 0.29) is 5.91 Å². The number of hydrogen-bond donors (Lipinski definition) is 1. The number of benzene rings is 1. The maximum atomic E-state index is 12.4. The maximum absolute atomic E-state index is 12.4. The topological polar surface area (TPSA) is 44.8 Å². The van der Waals surface area contributed by atoms with E-state index in [0.29, 0.717) is 29.7 Å². The molecule has 1 saturated heterocycles. The molecule has 1 N–H and O–H groups in total. The summed E-state index contributed by atoms with van der Waals surface area (Å²) >= 11 is 0. The molecule has 0 spiro atoms. The van der Waals surface area contributed by atoms with Gasteiger partial charge in [0.15, 0.2) is 0 Å². The van der Waals surface area contributed by atoms with Crippen LogP contribution in [0.4, 0.5) is 0 Å². The quantitative estimate of drug-likeness (QED) is 0.723. The Kier molecular flexibility index (Phi) is 5.68. The highest BCUT2D eigenvalue weighted by atomic mass is 16.5. The maximum Gasteiger partial charge on any atom is 0.244 e. The largest absolute Gasteiger partial charge is 0.497 e. The number of carbonyl (C=O) groups excluding carboxylic acids is 1. The number of likely N-dealkylation sites (tertiary alicyclic amines) is 1. The Labute approximate surface area is 191 Å². The minimum absolute atomic E-state index is 0.0281. The van der Waals surface area contributed by atoms with Crippen molar-refractivity contribution in [3.63, 3.8) is 0 Å². The minimum Gasteiger partial charge on any atom is -0.497 e. The molecule has 2 aliphatic heterocycles. The van der Waals surface area contributed by atoms with Crippen LogP contribution < -0.4 is 10.1 Å². The summed E-state index contributed by atoms with van der Waals surface area (Å²) in [5.41, 5.74) is 4.03. The fourth-order valence-corrected chi connectivity index (χ4v) is 6.23. The third-order valence-electron chi connectivity index (χ3n) is 7.73. The van der Waals surface area contributed by atoms with Gasteiger partial charge in [0.1, 0.15) is 5.75 Å². The van der Waals surface area contributed by atoms with E-state index >= 15 is 0 Å². The Bertz CT molecular complexity index is 991. The van der Waals surface area contributed by atoms with E-state index in [4.69, 9.17) is 4.74 Å². The van der Waals surface area contributed by atoms with Crippen LogP contribution in [0.25, 0.3) is 6.08 Å². The van der Waals surface area contributed by atoms with Gasteiger partial charge in [0.25, 0.3) is 0 Å². The van der Waals surface area contributed by atoms with Crippen LogP contribution in [0, 0.1) is 23.7 Å². The number of nitrogens with one attached hydrogen (secondary N) is 1. The Balaban J connectivity index is 1.20. The van der Waals surface area contributed by atoms with Crippen LogP contribution in [0.1, 0.15) is 18.4 Å². The first-order valence-corrected chi connectivity index (χ1v) is 11.7. The van der Waals surface area contributed by atoms with Crippen molar-refractivity contribution in [1.29, 1.82) is 0 Å². The van der Waals surface area contributed by atoms with Crippen LogP contribution in [-0.2, 0) is 4.79 Å². The number of fused-ring (bicyclic) bond motifs is 2. The molecular weight excluding hydrogens is 398 g/mol. The van der Waals surface area contributed by atoms with Gasteiger partial charge >= 0.3 is 0 Å². The molecule has 32 heavy (non-hydrogen) atoms. The van der Waals surface area contributed by atoms with Crippen molar-refractivity contribution in [1.82, 2.24) is 15.1 Å². The van der Waals surface area contributed by atoms with Gasteiger partial charge < -0.3 is 19.9 Å². The fourth-order valence-electron chi connectivity index (χ4n) is 6.23. The van der Waals surface area contributed by atoms with Crippen LogP contribution in [0.5, 0.6) is 5.75 Å². The van der Waals surface area contributed by atoms with E-state index in [2.05, 4.69) is 53.6 Å². The predicted octanol–water partition coefficient (Wildman–Crippen LogP) is 3.68. The van der Waals surface area contributed by atoms with Crippen LogP contribution in [0.3, 0.4) is 0 Å². The molecule has 5 rings (SSSR count). The van der Waals surface area contributed by atoms with Crippen molar-refractivity contribution in [3.8, 4) is 5.75 Å². The van der Waals surface area contributed by atoms with Gasteiger partial charge in [-0.05, 0) is 73.1 Å². The number of hydrogen-bond acceptors (Lipinski definition) is 4. The zero-order chi connectivity index (χ0) is 22.2. The number of allylic oxidation sites excluding steroid dienone is 4. The highest BCUT2D eigenvalue weighted by molar-refractivity contribution is 5.91. The monoisotopic (exact) mass is 431 g/mol. The number of rotatable bonds is 5. The highest BCUT2D eigenvalue weighted by Gasteiger charge is 2.49. The molecule has 1 amide bonds. The molecule has 2 unspecified atom stereocenters. The molecule has 2 heterocycles. The SMILES string of the molecule is COc1ccc(/C=C/C(=O)NC[C@@H]2C[C@@H]3C4C=CC=C5C4C(=CN5C)C[C@H]3N(C)C2)cc1. The van der Waals surface area contributed by atoms with Gasteiger partial charge in [0.05, 0.1) is 7.11 Å².